The van der Waals surface area contributed by atoms with E-state index in [9.17, 15) is 9.59 Å². The molecule has 2 amide bonds. The fourth-order valence-corrected chi connectivity index (χ4v) is 7.40. The van der Waals surface area contributed by atoms with Gasteiger partial charge < -0.3 is 9.44 Å². The van der Waals surface area contributed by atoms with Crippen molar-refractivity contribution in [2.24, 2.45) is 0 Å². The highest BCUT2D eigenvalue weighted by molar-refractivity contribution is 8.16. The van der Waals surface area contributed by atoms with Crippen molar-refractivity contribution in [1.82, 2.24) is 9.44 Å². The third-order valence-corrected chi connectivity index (χ3v) is 8.78. The van der Waals surface area contributed by atoms with Gasteiger partial charge in [0.1, 0.15) is 0 Å². The lowest BCUT2D eigenvalue weighted by atomic mass is 10.2. The van der Waals surface area contributed by atoms with Gasteiger partial charge in [-0.05, 0) is 48.6 Å². The summed E-state index contributed by atoms with van der Waals surface area (Å²) in [6.45, 7) is 0. The van der Waals surface area contributed by atoms with Crippen LogP contribution >= 0.6 is 22.2 Å². The molecule has 126 valence electrons. The first-order valence-electron chi connectivity index (χ1n) is 8.09. The van der Waals surface area contributed by atoms with Crippen molar-refractivity contribution in [3.63, 3.8) is 0 Å². The average Bonchev–Trinajstić information content (AvgIpc) is 3.10. The van der Waals surface area contributed by atoms with Crippen molar-refractivity contribution in [2.45, 2.75) is 22.6 Å². The predicted molar refractivity (Wildman–Crippen MR) is 101 cm³/mol. The Morgan fingerprint density at radius 3 is 1.54 bits per heavy atom. The minimum absolute atomic E-state index is 0.0677. The van der Waals surface area contributed by atoms with Crippen molar-refractivity contribution in [1.29, 1.82) is 0 Å². The van der Waals surface area contributed by atoms with Crippen molar-refractivity contribution in [3.8, 4) is 0 Å². The zero-order chi connectivity index (χ0) is 16.5. The van der Waals surface area contributed by atoms with Gasteiger partial charge in [0.2, 0.25) is 0 Å². The molecular formula is C18H20N2O2S2. The van der Waals surface area contributed by atoms with Crippen LogP contribution < -0.4 is 9.44 Å². The highest BCUT2D eigenvalue weighted by Crippen LogP contribution is 2.43. The molecule has 24 heavy (non-hydrogen) atoms. The van der Waals surface area contributed by atoms with E-state index in [2.05, 4.69) is 21.6 Å². The number of amides is 2. The SMILES string of the molecule is O=C1N[SH](CCCC[SH]2NC(=O)c3ccccc32)c2ccccc21. The molecule has 2 N–H and O–H groups in total. The minimum Gasteiger partial charge on any atom is -0.313 e. The van der Waals surface area contributed by atoms with Crippen LogP contribution in [0.2, 0.25) is 0 Å². The highest BCUT2D eigenvalue weighted by Gasteiger charge is 2.26. The molecule has 0 spiro atoms. The molecule has 0 saturated heterocycles. The number of benzene rings is 2. The van der Waals surface area contributed by atoms with Crippen LogP contribution in [0.5, 0.6) is 0 Å². The number of carbonyl (C=O) groups is 2. The second-order valence-corrected chi connectivity index (χ2v) is 9.94. The molecule has 0 radical (unpaired) electrons. The number of thiol groups is 2. The number of unbranched alkanes of at least 4 members (excludes halogenated alkanes) is 1. The van der Waals surface area contributed by atoms with E-state index in [1.165, 1.54) is 9.79 Å². The summed E-state index contributed by atoms with van der Waals surface area (Å²) >= 11 is -1.13. The predicted octanol–water partition coefficient (Wildman–Crippen LogP) is 3.20. The fourth-order valence-electron chi connectivity index (χ4n) is 3.18. The van der Waals surface area contributed by atoms with Crippen LogP contribution in [0, 0.1) is 0 Å². The van der Waals surface area contributed by atoms with Crippen molar-refractivity contribution in [2.75, 3.05) is 11.5 Å². The molecule has 2 aliphatic rings. The third kappa shape index (κ3) is 2.80. The van der Waals surface area contributed by atoms with E-state index >= 15 is 0 Å². The van der Waals surface area contributed by atoms with Gasteiger partial charge in [0, 0.05) is 9.79 Å². The molecule has 2 heterocycles. The zero-order valence-corrected chi connectivity index (χ0v) is 14.9. The standard InChI is InChI=1S/C18H20N2O2S2/c21-17-13-7-1-3-9-15(13)23(19-17)11-5-6-12-24-16-10-4-2-8-14(16)18(22)20-24/h1-4,7-10,23-24H,5-6,11-12H2,(H,19,21)(H,20,22). The second kappa shape index (κ2) is 6.53. The summed E-state index contributed by atoms with van der Waals surface area (Å²) < 4.78 is 6.26. The maximum Gasteiger partial charge on any atom is 0.261 e. The molecule has 0 saturated carbocycles. The van der Waals surface area contributed by atoms with Crippen LogP contribution in [0.1, 0.15) is 33.6 Å². The second-order valence-electron chi connectivity index (χ2n) is 5.93. The van der Waals surface area contributed by atoms with Gasteiger partial charge in [0.15, 0.2) is 0 Å². The van der Waals surface area contributed by atoms with Gasteiger partial charge in [0.05, 0.1) is 11.1 Å². The molecular weight excluding hydrogens is 340 g/mol. The number of rotatable bonds is 5. The van der Waals surface area contributed by atoms with Crippen LogP contribution in [-0.2, 0) is 0 Å². The van der Waals surface area contributed by atoms with Gasteiger partial charge in [-0.15, -0.1) is 0 Å². The quantitative estimate of drug-likeness (QED) is 0.489. The fraction of sp³-hybridized carbons (Fsp3) is 0.222. The molecule has 6 heteroatoms. The first-order valence-corrected chi connectivity index (χ1v) is 11.1. The minimum atomic E-state index is -0.565. The van der Waals surface area contributed by atoms with Crippen molar-refractivity contribution < 1.29 is 9.59 Å². The summed E-state index contributed by atoms with van der Waals surface area (Å²) in [5, 5.41) is 0. The van der Waals surface area contributed by atoms with Gasteiger partial charge >= 0.3 is 0 Å². The van der Waals surface area contributed by atoms with Gasteiger partial charge in [0.25, 0.3) is 11.8 Å². The van der Waals surface area contributed by atoms with Crippen LogP contribution in [0.25, 0.3) is 0 Å². The molecule has 2 unspecified atom stereocenters. The summed E-state index contributed by atoms with van der Waals surface area (Å²) in [7, 11) is 0. The van der Waals surface area contributed by atoms with Crippen LogP contribution in [0.4, 0.5) is 0 Å². The summed E-state index contributed by atoms with van der Waals surface area (Å²) in [6.07, 6.45) is 2.13. The number of nitrogens with one attached hydrogen (secondary N) is 2. The molecule has 0 fully saturated rings. The maximum atomic E-state index is 12.0. The summed E-state index contributed by atoms with van der Waals surface area (Å²) in [5.74, 6) is 2.16. The van der Waals surface area contributed by atoms with Gasteiger partial charge in [-0.25, -0.2) is 0 Å². The van der Waals surface area contributed by atoms with E-state index in [-0.39, 0.29) is 11.8 Å². The Balaban J connectivity index is 1.32. The largest absolute Gasteiger partial charge is 0.313 e. The van der Waals surface area contributed by atoms with E-state index in [0.717, 1.165) is 35.5 Å². The Kier molecular flexibility index (Phi) is 4.24. The number of fused-ring (bicyclic) bond motifs is 2. The lowest BCUT2D eigenvalue weighted by Gasteiger charge is -2.19. The molecule has 2 aliphatic heterocycles. The molecule has 0 bridgehead atoms. The Labute approximate surface area is 147 Å². The Bertz CT molecular complexity index is 742. The molecule has 2 atom stereocenters. The van der Waals surface area contributed by atoms with Crippen LogP contribution in [0.3, 0.4) is 0 Å². The summed E-state index contributed by atoms with van der Waals surface area (Å²) in [6, 6.07) is 15.8. The smallest absolute Gasteiger partial charge is 0.261 e. The molecule has 4 nitrogen and oxygen atoms in total. The van der Waals surface area contributed by atoms with Crippen LogP contribution in [-0.4, -0.2) is 23.3 Å². The summed E-state index contributed by atoms with van der Waals surface area (Å²) in [4.78, 5) is 26.3. The van der Waals surface area contributed by atoms with Crippen molar-refractivity contribution in [3.05, 3.63) is 59.7 Å². The molecule has 2 aromatic rings. The Morgan fingerprint density at radius 1 is 0.667 bits per heavy atom. The normalized spacial score (nSPS) is 24.2. The number of hydrogen-bond acceptors (Lipinski definition) is 2. The van der Waals surface area contributed by atoms with E-state index < -0.39 is 22.2 Å². The Hall–Kier alpha value is -1.92. The zero-order valence-electron chi connectivity index (χ0n) is 13.2. The third-order valence-electron chi connectivity index (χ3n) is 4.37. The first kappa shape index (κ1) is 15.6. The summed E-state index contributed by atoms with van der Waals surface area (Å²) in [5.41, 5.74) is 1.68. The molecule has 0 aromatic heterocycles. The number of carbonyl (C=O) groups excluding carboxylic acids is 2. The maximum absolute atomic E-state index is 12.0. The van der Waals surface area contributed by atoms with E-state index in [1.54, 1.807) is 0 Å². The molecule has 4 rings (SSSR count). The monoisotopic (exact) mass is 360 g/mol. The lowest BCUT2D eigenvalue weighted by Crippen LogP contribution is -2.14. The molecule has 2 aromatic carbocycles. The van der Waals surface area contributed by atoms with E-state index in [0.29, 0.717) is 0 Å². The topological polar surface area (TPSA) is 58.2 Å². The van der Waals surface area contributed by atoms with Crippen LogP contribution in [0.15, 0.2) is 58.3 Å². The highest BCUT2D eigenvalue weighted by atomic mass is 32.2. The first-order chi connectivity index (χ1) is 11.7. The lowest BCUT2D eigenvalue weighted by molar-refractivity contribution is 0.0978. The van der Waals surface area contributed by atoms with Gasteiger partial charge in [-0.3, -0.25) is 9.59 Å². The van der Waals surface area contributed by atoms with Gasteiger partial charge in [-0.1, -0.05) is 24.3 Å². The Morgan fingerprint density at radius 2 is 1.08 bits per heavy atom. The molecule has 0 aliphatic carbocycles. The van der Waals surface area contributed by atoms with Crippen molar-refractivity contribution >= 4 is 34.0 Å². The van der Waals surface area contributed by atoms with E-state index in [1.807, 2.05) is 36.4 Å². The van der Waals surface area contributed by atoms with Gasteiger partial charge in [-0.2, -0.15) is 22.2 Å². The number of hydrogen-bond donors (Lipinski definition) is 4. The average molecular weight is 361 g/mol. The van der Waals surface area contributed by atoms with E-state index in [4.69, 9.17) is 0 Å².